The van der Waals surface area contributed by atoms with Crippen LogP contribution in [0.1, 0.15) is 29.4 Å². The van der Waals surface area contributed by atoms with Crippen LogP contribution in [-0.4, -0.2) is 43.9 Å². The Hall–Kier alpha value is -2.03. The fraction of sp³-hybridized carbons (Fsp3) is 0.562. The van der Waals surface area contributed by atoms with Crippen molar-refractivity contribution in [2.75, 3.05) is 33.9 Å². The van der Waals surface area contributed by atoms with E-state index in [0.29, 0.717) is 40.3 Å². The zero-order chi connectivity index (χ0) is 17.3. The molecule has 1 aliphatic rings. The Labute approximate surface area is 140 Å². The summed E-state index contributed by atoms with van der Waals surface area (Å²) >= 11 is 0. The van der Waals surface area contributed by atoms with E-state index in [1.165, 1.54) is 0 Å². The van der Waals surface area contributed by atoms with Crippen LogP contribution in [0.5, 0.6) is 0 Å². The summed E-state index contributed by atoms with van der Waals surface area (Å²) in [5, 5.41) is 28.9. The van der Waals surface area contributed by atoms with Gasteiger partial charge in [-0.15, -0.1) is 0 Å². The van der Waals surface area contributed by atoms with Crippen LogP contribution >= 0.6 is 0 Å². The molecule has 8 nitrogen and oxygen atoms in total. The van der Waals surface area contributed by atoms with Crippen LogP contribution in [0, 0.1) is 10.4 Å². The van der Waals surface area contributed by atoms with Crippen molar-refractivity contribution >= 4 is 11.0 Å². The second kappa shape index (κ2) is 6.84. The Balaban J connectivity index is 1.94. The Morgan fingerprint density at radius 2 is 1.96 bits per heavy atom. The van der Waals surface area contributed by atoms with E-state index >= 15 is 0 Å². The molecule has 1 aliphatic carbocycles. The lowest BCUT2D eigenvalue weighted by Crippen LogP contribution is -2.49. The monoisotopic (exact) mass is 333 g/mol. The van der Waals surface area contributed by atoms with Crippen LogP contribution in [0.2, 0.25) is 0 Å². The van der Waals surface area contributed by atoms with E-state index in [9.17, 15) is 10.4 Å². The van der Waals surface area contributed by atoms with E-state index in [1.807, 2.05) is 18.0 Å². The van der Waals surface area contributed by atoms with Gasteiger partial charge in [0, 0.05) is 26.3 Å². The molecule has 0 bridgehead atoms. The highest BCUT2D eigenvalue weighted by Crippen LogP contribution is 2.24. The van der Waals surface area contributed by atoms with Gasteiger partial charge >= 0.3 is 11.3 Å². The fourth-order valence-electron chi connectivity index (χ4n) is 3.21. The summed E-state index contributed by atoms with van der Waals surface area (Å²) in [5.74, 6) is 0.0414. The highest BCUT2D eigenvalue weighted by atomic mass is 16.5. The van der Waals surface area contributed by atoms with Crippen LogP contribution < -0.4 is 15.3 Å². The Morgan fingerprint density at radius 1 is 1.29 bits per heavy atom. The third-order valence-corrected chi connectivity index (χ3v) is 4.53. The average Bonchev–Trinajstić information content (AvgIpc) is 3.02. The first-order chi connectivity index (χ1) is 11.5. The lowest BCUT2D eigenvalue weighted by atomic mass is 10.1. The standard InChI is InChI=1S/C16H23N5O3/c1-19(6-7-24-2)10-13(17)16-18-21(23)15-9-12-5-3-4-11(12)8-14(15)20(16)22/h8-9,13H,3-7,10,17H2,1-2H3. The number of fused-ring (bicyclic) bond motifs is 2. The Kier molecular flexibility index (Phi) is 4.79. The van der Waals surface area contributed by atoms with Crippen molar-refractivity contribution in [1.29, 1.82) is 0 Å². The summed E-state index contributed by atoms with van der Waals surface area (Å²) in [6.07, 6.45) is 2.93. The van der Waals surface area contributed by atoms with Gasteiger partial charge in [0.05, 0.1) is 11.5 Å². The number of nitrogens with zero attached hydrogens (tertiary/aromatic N) is 4. The molecule has 1 aromatic heterocycles. The second-order valence-corrected chi connectivity index (χ2v) is 6.35. The van der Waals surface area contributed by atoms with Gasteiger partial charge in [0.25, 0.3) is 0 Å². The predicted molar refractivity (Wildman–Crippen MR) is 88.0 cm³/mol. The topological polar surface area (TPSA) is 105 Å². The Bertz CT molecular complexity index is 752. The number of aromatic nitrogens is 3. The normalized spacial score (nSPS) is 15.2. The molecule has 1 heterocycles. The van der Waals surface area contributed by atoms with Gasteiger partial charge in [0.15, 0.2) is 0 Å². The van der Waals surface area contributed by atoms with Crippen LogP contribution in [-0.2, 0) is 17.6 Å². The number of nitrogens with two attached hydrogens (primary N) is 1. The molecule has 2 N–H and O–H groups in total. The van der Waals surface area contributed by atoms with Crippen molar-refractivity contribution in [3.63, 3.8) is 0 Å². The molecule has 1 aromatic carbocycles. The lowest BCUT2D eigenvalue weighted by Gasteiger charge is -2.19. The largest absolute Gasteiger partial charge is 0.710 e. The van der Waals surface area contributed by atoms with Crippen molar-refractivity contribution in [1.82, 2.24) is 10.00 Å². The quantitative estimate of drug-likeness (QED) is 0.568. The minimum Gasteiger partial charge on any atom is -0.710 e. The molecular weight excluding hydrogens is 310 g/mol. The van der Waals surface area contributed by atoms with E-state index in [-0.39, 0.29) is 5.82 Å². The van der Waals surface area contributed by atoms with E-state index in [2.05, 4.69) is 5.10 Å². The van der Waals surface area contributed by atoms with Gasteiger partial charge in [-0.25, -0.2) is 4.73 Å². The molecular formula is C16H23N5O3. The molecule has 0 amide bonds. The number of ether oxygens (including phenoxy) is 1. The van der Waals surface area contributed by atoms with Crippen molar-refractivity contribution in [3.8, 4) is 0 Å². The molecule has 3 rings (SSSR count). The highest BCUT2D eigenvalue weighted by Gasteiger charge is 2.29. The smallest absolute Gasteiger partial charge is 0.395 e. The maximum Gasteiger partial charge on any atom is 0.395 e. The minimum atomic E-state index is -0.651. The van der Waals surface area contributed by atoms with Crippen molar-refractivity contribution < 1.29 is 14.3 Å². The third kappa shape index (κ3) is 3.12. The molecule has 0 radical (unpaired) electrons. The number of hydrogen-bond acceptors (Lipinski definition) is 6. The van der Waals surface area contributed by atoms with Gasteiger partial charge in [-0.05, 0) is 43.5 Å². The van der Waals surface area contributed by atoms with Gasteiger partial charge in [-0.1, -0.05) is 0 Å². The lowest BCUT2D eigenvalue weighted by molar-refractivity contribution is -0.686. The first kappa shape index (κ1) is 16.8. The zero-order valence-corrected chi connectivity index (χ0v) is 14.1. The van der Waals surface area contributed by atoms with Gasteiger partial charge < -0.3 is 25.8 Å². The molecule has 1 unspecified atom stereocenters. The summed E-state index contributed by atoms with van der Waals surface area (Å²) < 4.78 is 5.73. The van der Waals surface area contributed by atoms with E-state index in [1.54, 1.807) is 13.2 Å². The van der Waals surface area contributed by atoms with Crippen LogP contribution in [0.4, 0.5) is 0 Å². The van der Waals surface area contributed by atoms with Gasteiger partial charge in [0.1, 0.15) is 6.04 Å². The summed E-state index contributed by atoms with van der Waals surface area (Å²) in [6, 6.07) is 2.94. The number of aryl methyl sites for hydroxylation is 2. The minimum absolute atomic E-state index is 0.0414. The zero-order valence-electron chi connectivity index (χ0n) is 14.1. The van der Waals surface area contributed by atoms with E-state index in [4.69, 9.17) is 10.5 Å². The number of likely N-dealkylation sites (N-methyl/N-ethyl adjacent to an activating group) is 1. The maximum absolute atomic E-state index is 12.7. The first-order valence-electron chi connectivity index (χ1n) is 8.13. The second-order valence-electron chi connectivity index (χ2n) is 6.35. The van der Waals surface area contributed by atoms with Crippen molar-refractivity contribution in [3.05, 3.63) is 39.5 Å². The fourth-order valence-corrected chi connectivity index (χ4v) is 3.21. The molecule has 8 heteroatoms. The molecule has 130 valence electrons. The van der Waals surface area contributed by atoms with E-state index in [0.717, 1.165) is 30.4 Å². The summed E-state index contributed by atoms with van der Waals surface area (Å²) in [5.41, 5.74) is 9.03. The average molecular weight is 333 g/mol. The molecule has 0 fully saturated rings. The molecule has 0 saturated carbocycles. The number of benzene rings is 1. The number of rotatable bonds is 6. The Morgan fingerprint density at radius 3 is 2.62 bits per heavy atom. The van der Waals surface area contributed by atoms with Gasteiger partial charge in [0.2, 0.25) is 10.6 Å². The first-order valence-corrected chi connectivity index (χ1v) is 8.13. The third-order valence-electron chi connectivity index (χ3n) is 4.53. The predicted octanol–water partition coefficient (Wildman–Crippen LogP) is -0.432. The van der Waals surface area contributed by atoms with E-state index < -0.39 is 6.04 Å². The van der Waals surface area contributed by atoms with Crippen molar-refractivity contribution in [2.24, 2.45) is 5.73 Å². The summed E-state index contributed by atoms with van der Waals surface area (Å²) in [4.78, 5) is 2.46. The molecule has 24 heavy (non-hydrogen) atoms. The van der Waals surface area contributed by atoms with Crippen LogP contribution in [0.15, 0.2) is 12.1 Å². The highest BCUT2D eigenvalue weighted by molar-refractivity contribution is 5.70. The van der Waals surface area contributed by atoms with Gasteiger partial charge in [-0.3, -0.25) is 0 Å². The molecule has 2 aromatic rings. The van der Waals surface area contributed by atoms with Crippen LogP contribution in [0.25, 0.3) is 11.0 Å². The summed E-state index contributed by atoms with van der Waals surface area (Å²) in [7, 11) is 3.51. The SMILES string of the molecule is COCCN(C)CC(N)c1n[n+]([O-])c2cc3c(cc2[n+]1[O-])CCC3. The molecule has 1 atom stereocenters. The summed E-state index contributed by atoms with van der Waals surface area (Å²) in [6.45, 7) is 1.66. The molecule has 0 aliphatic heterocycles. The maximum atomic E-state index is 12.7. The van der Waals surface area contributed by atoms with Crippen LogP contribution in [0.3, 0.4) is 0 Å². The molecule has 0 spiro atoms. The van der Waals surface area contributed by atoms with Crippen molar-refractivity contribution in [2.45, 2.75) is 25.3 Å². The molecule has 0 saturated heterocycles. The number of hydrogen-bond donors (Lipinski definition) is 1. The number of methoxy groups -OCH3 is 1. The van der Waals surface area contributed by atoms with Gasteiger partial charge in [-0.2, -0.15) is 0 Å².